The fourth-order valence-electron chi connectivity index (χ4n) is 2.07. The van der Waals surface area contributed by atoms with Crippen LogP contribution < -0.4 is 16.0 Å². The van der Waals surface area contributed by atoms with Crippen molar-refractivity contribution in [1.82, 2.24) is 15.6 Å². The van der Waals surface area contributed by atoms with Gasteiger partial charge in [-0.05, 0) is 50.1 Å². The number of urea groups is 1. The van der Waals surface area contributed by atoms with E-state index in [-0.39, 0.29) is 18.0 Å². The third-order valence-corrected chi connectivity index (χ3v) is 3.33. The van der Waals surface area contributed by atoms with Gasteiger partial charge in [-0.25, -0.2) is 9.78 Å². The number of hydrogen-bond acceptors (Lipinski definition) is 3. The summed E-state index contributed by atoms with van der Waals surface area (Å²) in [4.78, 5) is 27.9. The number of nitrogens with one attached hydrogen (secondary N) is 3. The summed E-state index contributed by atoms with van der Waals surface area (Å²) in [5, 5.41) is 8.31. The van der Waals surface area contributed by atoms with Crippen molar-refractivity contribution < 1.29 is 9.59 Å². The molecular weight excluding hydrogens is 304 g/mol. The quantitative estimate of drug-likeness (QED) is 0.790. The molecule has 1 heterocycles. The fourth-order valence-corrected chi connectivity index (χ4v) is 2.07. The smallest absolute Gasteiger partial charge is 0.315 e. The molecule has 3 N–H and O–H groups in total. The first kappa shape index (κ1) is 17.5. The summed E-state index contributed by atoms with van der Waals surface area (Å²) in [6, 6.07) is 10.7. The van der Waals surface area contributed by atoms with E-state index in [2.05, 4.69) is 20.9 Å². The molecule has 0 atom stereocenters. The van der Waals surface area contributed by atoms with Crippen molar-refractivity contribution in [3.8, 4) is 0 Å². The number of nitrogens with zero attached hydrogens (tertiary/aromatic N) is 1. The number of carbonyl (C=O) groups excluding carboxylic acids is 2. The van der Waals surface area contributed by atoms with E-state index in [9.17, 15) is 9.59 Å². The second-order valence-corrected chi connectivity index (χ2v) is 5.80. The lowest BCUT2D eigenvalue weighted by atomic mass is 10.1. The lowest BCUT2D eigenvalue weighted by molar-refractivity contribution is 0.102. The zero-order valence-corrected chi connectivity index (χ0v) is 14.1. The first-order chi connectivity index (χ1) is 11.5. The van der Waals surface area contributed by atoms with Gasteiger partial charge >= 0.3 is 6.03 Å². The highest BCUT2D eigenvalue weighted by molar-refractivity contribution is 6.04. The molecule has 0 fully saturated rings. The molecule has 0 unspecified atom stereocenters. The van der Waals surface area contributed by atoms with Crippen molar-refractivity contribution >= 4 is 17.8 Å². The van der Waals surface area contributed by atoms with Crippen LogP contribution in [0.1, 0.15) is 35.3 Å². The van der Waals surface area contributed by atoms with Gasteiger partial charge in [0, 0.05) is 24.3 Å². The normalized spacial score (nSPS) is 10.3. The van der Waals surface area contributed by atoms with Crippen LogP contribution in [0.15, 0.2) is 42.6 Å². The topological polar surface area (TPSA) is 83.1 Å². The number of hydrogen-bond donors (Lipinski definition) is 3. The molecule has 0 saturated heterocycles. The SMILES string of the molecule is Cc1cccnc1NC(=O)c1ccc(CNC(=O)NC(C)C)cc1. The molecule has 0 saturated carbocycles. The van der Waals surface area contributed by atoms with Gasteiger partial charge in [-0.1, -0.05) is 18.2 Å². The molecule has 24 heavy (non-hydrogen) atoms. The molecule has 2 aromatic rings. The van der Waals surface area contributed by atoms with Gasteiger partial charge in [0.2, 0.25) is 0 Å². The summed E-state index contributed by atoms with van der Waals surface area (Å²) >= 11 is 0. The lowest BCUT2D eigenvalue weighted by Gasteiger charge is -2.10. The minimum absolute atomic E-state index is 0.0890. The predicted molar refractivity (Wildman–Crippen MR) is 93.9 cm³/mol. The van der Waals surface area contributed by atoms with Gasteiger partial charge in [0.15, 0.2) is 0 Å². The van der Waals surface area contributed by atoms with Crippen molar-refractivity contribution in [2.75, 3.05) is 5.32 Å². The molecular formula is C18H22N4O2. The highest BCUT2D eigenvalue weighted by Crippen LogP contribution is 2.12. The Morgan fingerprint density at radius 1 is 1.12 bits per heavy atom. The molecule has 126 valence electrons. The second-order valence-electron chi connectivity index (χ2n) is 5.80. The Bertz CT molecular complexity index is 711. The van der Waals surface area contributed by atoms with E-state index in [0.717, 1.165) is 11.1 Å². The third-order valence-electron chi connectivity index (χ3n) is 3.33. The molecule has 0 aliphatic rings. The molecule has 0 bridgehead atoms. The molecule has 1 aromatic heterocycles. The molecule has 6 nitrogen and oxygen atoms in total. The van der Waals surface area contributed by atoms with Crippen LogP contribution in [0, 0.1) is 6.92 Å². The molecule has 6 heteroatoms. The number of amides is 3. The standard InChI is InChI=1S/C18H22N4O2/c1-12(2)21-18(24)20-11-14-6-8-15(9-7-14)17(23)22-16-13(3)5-4-10-19-16/h4-10,12H,11H2,1-3H3,(H,19,22,23)(H2,20,21,24). The van der Waals surface area contributed by atoms with E-state index in [1.54, 1.807) is 18.3 Å². The zero-order valence-electron chi connectivity index (χ0n) is 14.1. The Balaban J connectivity index is 1.93. The van der Waals surface area contributed by atoms with Crippen LogP contribution in [-0.4, -0.2) is 23.0 Å². The average Bonchev–Trinajstić information content (AvgIpc) is 2.55. The first-order valence-corrected chi connectivity index (χ1v) is 7.82. The Morgan fingerprint density at radius 2 is 1.83 bits per heavy atom. The second kappa shape index (κ2) is 8.10. The first-order valence-electron chi connectivity index (χ1n) is 7.82. The van der Waals surface area contributed by atoms with Gasteiger partial charge in [0.05, 0.1) is 0 Å². The van der Waals surface area contributed by atoms with Crippen LogP contribution >= 0.6 is 0 Å². The number of pyridine rings is 1. The molecule has 0 aliphatic heterocycles. The maximum Gasteiger partial charge on any atom is 0.315 e. The van der Waals surface area contributed by atoms with Crippen molar-refractivity contribution in [3.63, 3.8) is 0 Å². The molecule has 3 amide bonds. The summed E-state index contributed by atoms with van der Waals surface area (Å²) in [6.07, 6.45) is 1.64. The summed E-state index contributed by atoms with van der Waals surface area (Å²) in [5.74, 6) is 0.340. The number of anilines is 1. The van der Waals surface area contributed by atoms with E-state index < -0.39 is 0 Å². The van der Waals surface area contributed by atoms with Gasteiger partial charge in [0.25, 0.3) is 5.91 Å². The average molecular weight is 326 g/mol. The van der Waals surface area contributed by atoms with Crippen LogP contribution in [0.5, 0.6) is 0 Å². The Kier molecular flexibility index (Phi) is 5.89. The number of rotatable bonds is 5. The predicted octanol–water partition coefficient (Wildman–Crippen LogP) is 2.85. The number of aromatic nitrogens is 1. The summed E-state index contributed by atoms with van der Waals surface area (Å²) in [7, 11) is 0. The van der Waals surface area contributed by atoms with Gasteiger partial charge in [0.1, 0.15) is 5.82 Å². The fraction of sp³-hybridized carbons (Fsp3) is 0.278. The van der Waals surface area contributed by atoms with Gasteiger partial charge < -0.3 is 16.0 Å². The number of aryl methyl sites for hydroxylation is 1. The van der Waals surface area contributed by atoms with Crippen molar-refractivity contribution in [2.45, 2.75) is 33.4 Å². The highest BCUT2D eigenvalue weighted by Gasteiger charge is 2.08. The minimum Gasteiger partial charge on any atom is -0.336 e. The Labute approximate surface area is 141 Å². The van der Waals surface area contributed by atoms with E-state index >= 15 is 0 Å². The number of carbonyl (C=O) groups is 2. The Hall–Kier alpha value is -2.89. The minimum atomic E-state index is -0.214. The van der Waals surface area contributed by atoms with Gasteiger partial charge in [-0.3, -0.25) is 4.79 Å². The molecule has 0 radical (unpaired) electrons. The summed E-state index contributed by atoms with van der Waals surface area (Å²) in [6.45, 7) is 6.09. The highest BCUT2D eigenvalue weighted by atomic mass is 16.2. The summed E-state index contributed by atoms with van der Waals surface area (Å²) in [5.41, 5.74) is 2.36. The molecule has 0 aliphatic carbocycles. The van der Waals surface area contributed by atoms with Gasteiger partial charge in [-0.2, -0.15) is 0 Å². The monoisotopic (exact) mass is 326 g/mol. The van der Waals surface area contributed by atoms with Crippen LogP contribution in [-0.2, 0) is 6.54 Å². The largest absolute Gasteiger partial charge is 0.336 e. The molecule has 1 aromatic carbocycles. The maximum absolute atomic E-state index is 12.2. The lowest BCUT2D eigenvalue weighted by Crippen LogP contribution is -2.39. The zero-order chi connectivity index (χ0) is 17.5. The van der Waals surface area contributed by atoms with E-state index in [1.807, 2.05) is 45.0 Å². The van der Waals surface area contributed by atoms with Crippen LogP contribution in [0.3, 0.4) is 0 Å². The molecule has 0 spiro atoms. The molecule has 2 rings (SSSR count). The van der Waals surface area contributed by atoms with Gasteiger partial charge in [-0.15, -0.1) is 0 Å². The van der Waals surface area contributed by atoms with E-state index in [1.165, 1.54) is 0 Å². The third kappa shape index (κ3) is 5.08. The Morgan fingerprint density at radius 3 is 2.46 bits per heavy atom. The van der Waals surface area contributed by atoms with Crippen molar-refractivity contribution in [2.24, 2.45) is 0 Å². The van der Waals surface area contributed by atoms with Crippen LogP contribution in [0.25, 0.3) is 0 Å². The van der Waals surface area contributed by atoms with Crippen LogP contribution in [0.4, 0.5) is 10.6 Å². The number of benzene rings is 1. The van der Waals surface area contributed by atoms with Crippen LogP contribution in [0.2, 0.25) is 0 Å². The maximum atomic E-state index is 12.2. The van der Waals surface area contributed by atoms with Crippen molar-refractivity contribution in [1.29, 1.82) is 0 Å². The van der Waals surface area contributed by atoms with E-state index in [0.29, 0.717) is 17.9 Å². The van der Waals surface area contributed by atoms with E-state index in [4.69, 9.17) is 0 Å². The summed E-state index contributed by atoms with van der Waals surface area (Å²) < 4.78 is 0. The van der Waals surface area contributed by atoms with Crippen molar-refractivity contribution in [3.05, 3.63) is 59.3 Å².